The molecule has 2 aliphatic heterocycles. The van der Waals surface area contributed by atoms with Crippen molar-refractivity contribution >= 4 is 16.9 Å². The number of nitrogens with one attached hydrogen (secondary N) is 1. The normalized spacial score (nSPS) is 18.0. The van der Waals surface area contributed by atoms with Gasteiger partial charge in [0.25, 0.3) is 0 Å². The predicted octanol–water partition coefficient (Wildman–Crippen LogP) is 4.64. The Morgan fingerprint density at radius 1 is 1.00 bits per heavy atom. The monoisotopic (exact) mass is 461 g/mol. The number of rotatable bonds is 5. The molecule has 0 unspecified atom stereocenters. The number of para-hydroxylation sites is 1. The van der Waals surface area contributed by atoms with Crippen LogP contribution in [0.3, 0.4) is 0 Å². The van der Waals surface area contributed by atoms with Crippen LogP contribution in [0.4, 0.5) is 14.6 Å². The fraction of sp³-hybridized carbons (Fsp3) is 0.308. The van der Waals surface area contributed by atoms with E-state index >= 15 is 0 Å². The first-order valence-corrected chi connectivity index (χ1v) is 11.6. The second kappa shape index (κ2) is 8.68. The summed E-state index contributed by atoms with van der Waals surface area (Å²) in [5.74, 6) is 2.18. The van der Waals surface area contributed by atoms with Crippen molar-refractivity contribution in [2.45, 2.75) is 25.5 Å². The van der Waals surface area contributed by atoms with Crippen molar-refractivity contribution in [3.8, 4) is 16.9 Å². The number of aromatic nitrogens is 3. The first kappa shape index (κ1) is 21.0. The summed E-state index contributed by atoms with van der Waals surface area (Å²) in [5.41, 5.74) is 4.74. The van der Waals surface area contributed by atoms with Gasteiger partial charge in [0.1, 0.15) is 17.4 Å². The molecule has 0 saturated carbocycles. The summed E-state index contributed by atoms with van der Waals surface area (Å²) < 4.78 is 33.0. The number of anilines is 1. The summed E-state index contributed by atoms with van der Waals surface area (Å²) in [6.45, 7) is 0.999. The summed E-state index contributed by atoms with van der Waals surface area (Å²) in [4.78, 5) is 11.8. The average molecular weight is 462 g/mol. The maximum atomic E-state index is 13.0. The van der Waals surface area contributed by atoms with Gasteiger partial charge >= 0.3 is 6.61 Å². The first-order valence-electron chi connectivity index (χ1n) is 11.6. The minimum atomic E-state index is -2.86. The van der Waals surface area contributed by atoms with Gasteiger partial charge in [-0.2, -0.15) is 8.78 Å². The van der Waals surface area contributed by atoms with Crippen molar-refractivity contribution < 1.29 is 13.5 Å². The van der Waals surface area contributed by atoms with Crippen LogP contribution >= 0.6 is 0 Å². The number of aryl methyl sites for hydroxylation is 1. The zero-order chi connectivity index (χ0) is 23.1. The van der Waals surface area contributed by atoms with Crippen LogP contribution in [0.5, 0.6) is 5.75 Å². The number of halogens is 2. The van der Waals surface area contributed by atoms with Gasteiger partial charge in [-0.05, 0) is 42.3 Å². The van der Waals surface area contributed by atoms with Gasteiger partial charge in [0.05, 0.1) is 17.1 Å². The Hall–Kier alpha value is -3.52. The highest BCUT2D eigenvalue weighted by Crippen LogP contribution is 2.40. The zero-order valence-electron chi connectivity index (χ0n) is 18.6. The molecule has 8 heteroatoms. The summed E-state index contributed by atoms with van der Waals surface area (Å²) in [6, 6.07) is 17.4. The van der Waals surface area contributed by atoms with Gasteiger partial charge in [-0.25, -0.2) is 9.97 Å². The number of piperazine rings is 1. The van der Waals surface area contributed by atoms with Crippen molar-refractivity contribution in [3.05, 3.63) is 72.2 Å². The molecule has 1 atom stereocenters. The maximum Gasteiger partial charge on any atom is 0.387 e. The van der Waals surface area contributed by atoms with Crippen molar-refractivity contribution in [3.63, 3.8) is 0 Å². The van der Waals surface area contributed by atoms with Crippen LogP contribution in [-0.2, 0) is 6.42 Å². The van der Waals surface area contributed by atoms with Crippen LogP contribution in [0, 0.1) is 0 Å². The minimum absolute atomic E-state index is 0.0987. The quantitative estimate of drug-likeness (QED) is 0.469. The number of imidazole rings is 1. The zero-order valence-corrected chi connectivity index (χ0v) is 18.6. The van der Waals surface area contributed by atoms with Crippen LogP contribution in [0.15, 0.2) is 60.8 Å². The Morgan fingerprint density at radius 3 is 2.62 bits per heavy atom. The Kier molecular flexibility index (Phi) is 5.37. The Balaban J connectivity index is 1.36. The number of benzene rings is 2. The lowest BCUT2D eigenvalue weighted by atomic mass is 10.0. The average Bonchev–Trinajstić information content (AvgIpc) is 3.44. The van der Waals surface area contributed by atoms with Gasteiger partial charge in [0.15, 0.2) is 0 Å². The molecule has 174 valence electrons. The third kappa shape index (κ3) is 3.77. The molecule has 2 aromatic carbocycles. The summed E-state index contributed by atoms with van der Waals surface area (Å²) in [6.07, 6.45) is 3.51. The number of pyridine rings is 1. The standard InChI is InChI=1S/C26H25F2N5O/c27-26(28)34-23-4-2-1-3-19(23)21-8-10-25-31-20-7-5-17(15-22(20)33(21)25)18-6-9-24(30-16-18)32-13-11-29-12-14-32/h1-7,9,15-16,21,26,29H,8,10-14H2/t21-/m1/s1. The van der Waals surface area contributed by atoms with Crippen molar-refractivity contribution in [1.82, 2.24) is 19.9 Å². The number of fused-ring (bicyclic) bond motifs is 3. The molecule has 2 aliphatic rings. The molecule has 2 aromatic heterocycles. The highest BCUT2D eigenvalue weighted by molar-refractivity contribution is 5.83. The third-order valence-electron chi connectivity index (χ3n) is 6.73. The molecule has 1 N–H and O–H groups in total. The lowest BCUT2D eigenvalue weighted by molar-refractivity contribution is -0.0506. The van der Waals surface area contributed by atoms with Gasteiger partial charge in [0.2, 0.25) is 0 Å². The van der Waals surface area contributed by atoms with E-state index in [1.165, 1.54) is 0 Å². The Bertz CT molecular complexity index is 1310. The SMILES string of the molecule is FC(F)Oc1ccccc1[C@H]1CCc2nc3ccc(-c4ccc(N5CCNCC5)nc4)cc3n21. The van der Waals surface area contributed by atoms with Crippen LogP contribution in [0.1, 0.15) is 23.9 Å². The number of ether oxygens (including phenoxy) is 1. The highest BCUT2D eigenvalue weighted by Gasteiger charge is 2.29. The number of alkyl halides is 2. The number of hydrogen-bond acceptors (Lipinski definition) is 5. The molecule has 4 aromatic rings. The topological polar surface area (TPSA) is 55.2 Å². The third-order valence-corrected chi connectivity index (χ3v) is 6.73. The fourth-order valence-electron chi connectivity index (χ4n) is 5.13. The number of nitrogens with zero attached hydrogens (tertiary/aromatic N) is 4. The van der Waals surface area contributed by atoms with Gasteiger partial charge in [0, 0.05) is 49.9 Å². The Labute approximate surface area is 196 Å². The predicted molar refractivity (Wildman–Crippen MR) is 128 cm³/mol. The van der Waals surface area contributed by atoms with Crippen LogP contribution < -0.4 is 15.0 Å². The second-order valence-corrected chi connectivity index (χ2v) is 8.71. The summed E-state index contributed by atoms with van der Waals surface area (Å²) >= 11 is 0. The molecule has 0 spiro atoms. The molecule has 1 fully saturated rings. The lowest BCUT2D eigenvalue weighted by Gasteiger charge is -2.28. The first-order chi connectivity index (χ1) is 16.7. The Morgan fingerprint density at radius 2 is 1.82 bits per heavy atom. The second-order valence-electron chi connectivity index (χ2n) is 8.71. The molecular formula is C26H25F2N5O. The van der Waals surface area contributed by atoms with E-state index in [0.717, 1.165) is 78.4 Å². The van der Waals surface area contributed by atoms with Crippen LogP contribution in [0.2, 0.25) is 0 Å². The van der Waals surface area contributed by atoms with E-state index in [2.05, 4.69) is 39.0 Å². The smallest absolute Gasteiger partial charge is 0.387 e. The molecule has 1 saturated heterocycles. The van der Waals surface area contributed by atoms with Crippen molar-refractivity contribution in [2.75, 3.05) is 31.1 Å². The fourth-order valence-corrected chi connectivity index (χ4v) is 5.13. The van der Waals surface area contributed by atoms with E-state index in [0.29, 0.717) is 0 Å². The van der Waals surface area contributed by atoms with E-state index < -0.39 is 6.61 Å². The molecule has 0 amide bonds. The lowest BCUT2D eigenvalue weighted by Crippen LogP contribution is -2.43. The summed E-state index contributed by atoms with van der Waals surface area (Å²) in [5, 5.41) is 3.36. The maximum absolute atomic E-state index is 13.0. The molecule has 6 rings (SSSR count). The van der Waals surface area contributed by atoms with Crippen molar-refractivity contribution in [1.29, 1.82) is 0 Å². The minimum Gasteiger partial charge on any atom is -0.434 e. The highest BCUT2D eigenvalue weighted by atomic mass is 19.3. The molecule has 0 radical (unpaired) electrons. The molecule has 6 nitrogen and oxygen atoms in total. The van der Waals surface area contributed by atoms with E-state index in [4.69, 9.17) is 14.7 Å². The van der Waals surface area contributed by atoms with Gasteiger partial charge < -0.3 is 19.5 Å². The van der Waals surface area contributed by atoms with Crippen LogP contribution in [-0.4, -0.2) is 47.3 Å². The summed E-state index contributed by atoms with van der Waals surface area (Å²) in [7, 11) is 0. The van der Waals surface area contributed by atoms with Crippen molar-refractivity contribution in [2.24, 2.45) is 0 Å². The van der Waals surface area contributed by atoms with Gasteiger partial charge in [-0.15, -0.1) is 0 Å². The largest absolute Gasteiger partial charge is 0.434 e. The number of hydrogen-bond donors (Lipinski definition) is 1. The van der Waals surface area contributed by atoms with E-state index in [9.17, 15) is 8.78 Å². The molecule has 0 bridgehead atoms. The molecule has 4 heterocycles. The van der Waals surface area contributed by atoms with Gasteiger partial charge in [-0.3, -0.25) is 0 Å². The van der Waals surface area contributed by atoms with E-state index in [-0.39, 0.29) is 11.8 Å². The van der Waals surface area contributed by atoms with E-state index in [1.54, 1.807) is 12.1 Å². The van der Waals surface area contributed by atoms with Crippen LogP contribution in [0.25, 0.3) is 22.2 Å². The molecular weight excluding hydrogens is 436 g/mol. The molecule has 34 heavy (non-hydrogen) atoms. The van der Waals surface area contributed by atoms with E-state index in [1.807, 2.05) is 24.4 Å². The van der Waals surface area contributed by atoms with Gasteiger partial charge in [-0.1, -0.05) is 24.3 Å². The molecule has 0 aliphatic carbocycles.